The average molecular weight is 315 g/mol. The quantitative estimate of drug-likeness (QED) is 0.848. The third kappa shape index (κ3) is 3.63. The van der Waals surface area contributed by atoms with Gasteiger partial charge in [-0.25, -0.2) is 15.0 Å². The Morgan fingerprint density at radius 1 is 1.28 bits per heavy atom. The van der Waals surface area contributed by atoms with Crippen LogP contribution >= 0.6 is 15.9 Å². The van der Waals surface area contributed by atoms with Crippen molar-refractivity contribution in [3.05, 3.63) is 16.5 Å². The summed E-state index contributed by atoms with van der Waals surface area (Å²) in [7, 11) is 0. The maximum atomic E-state index is 5.32. The molecule has 1 aromatic rings. The second kappa shape index (κ2) is 5.50. The van der Waals surface area contributed by atoms with Gasteiger partial charge < -0.3 is 10.2 Å². The van der Waals surface area contributed by atoms with Crippen molar-refractivity contribution in [2.75, 3.05) is 31.7 Å². The van der Waals surface area contributed by atoms with Crippen molar-refractivity contribution in [2.45, 2.75) is 26.2 Å². The van der Waals surface area contributed by atoms with Crippen LogP contribution in [0.2, 0.25) is 0 Å². The molecule has 0 radical (unpaired) electrons. The van der Waals surface area contributed by atoms with Crippen molar-refractivity contribution in [3.63, 3.8) is 0 Å². The minimum atomic E-state index is -0.0643. The van der Waals surface area contributed by atoms with Crippen molar-refractivity contribution in [1.29, 1.82) is 0 Å². The molecule has 1 aliphatic rings. The third-order valence-corrected chi connectivity index (χ3v) is 3.06. The minimum Gasteiger partial charge on any atom is -0.379 e. The van der Waals surface area contributed by atoms with E-state index in [1.165, 1.54) is 0 Å². The number of hydrazine groups is 1. The Bertz CT molecular complexity index is 413. The lowest BCUT2D eigenvalue weighted by Gasteiger charge is -2.28. The summed E-state index contributed by atoms with van der Waals surface area (Å²) in [6, 6.07) is 1.89. The highest BCUT2D eigenvalue weighted by molar-refractivity contribution is 9.10. The number of morpholine rings is 1. The fourth-order valence-corrected chi connectivity index (χ4v) is 2.03. The second-order valence-electron chi connectivity index (χ2n) is 5.36. The molecule has 6 heteroatoms. The number of ether oxygens (including phenoxy) is 1. The first kappa shape index (κ1) is 13.7. The van der Waals surface area contributed by atoms with Gasteiger partial charge in [0, 0.05) is 24.6 Å². The monoisotopic (exact) mass is 314 g/mol. The minimum absolute atomic E-state index is 0.0643. The molecule has 1 N–H and O–H groups in total. The Kier molecular flexibility index (Phi) is 4.19. The summed E-state index contributed by atoms with van der Waals surface area (Å²) in [5, 5.41) is 2.12. The molecule has 0 atom stereocenters. The highest BCUT2D eigenvalue weighted by atomic mass is 79.9. The van der Waals surface area contributed by atoms with Gasteiger partial charge in [0.05, 0.1) is 13.2 Å². The molecule has 2 heterocycles. The molecule has 100 valence electrons. The molecule has 0 aromatic carbocycles. The molecule has 0 unspecified atom stereocenters. The predicted molar refractivity (Wildman–Crippen MR) is 74.4 cm³/mol. The molecule has 2 rings (SSSR count). The van der Waals surface area contributed by atoms with Crippen LogP contribution in [0, 0.1) is 0 Å². The topological polar surface area (TPSA) is 50.3 Å². The van der Waals surface area contributed by atoms with E-state index in [1.54, 1.807) is 0 Å². The normalized spacial score (nSPS) is 17.8. The molecule has 18 heavy (non-hydrogen) atoms. The largest absolute Gasteiger partial charge is 0.379 e. The van der Waals surface area contributed by atoms with Gasteiger partial charge in [0.25, 0.3) is 0 Å². The number of hydrogen-bond acceptors (Lipinski definition) is 5. The Labute approximate surface area is 116 Å². The molecule has 0 aliphatic carbocycles. The van der Waals surface area contributed by atoms with Crippen molar-refractivity contribution < 1.29 is 4.74 Å². The number of anilines is 1. The molecule has 0 bridgehead atoms. The van der Waals surface area contributed by atoms with Gasteiger partial charge >= 0.3 is 0 Å². The summed E-state index contributed by atoms with van der Waals surface area (Å²) in [6.45, 7) is 9.56. The van der Waals surface area contributed by atoms with Crippen molar-refractivity contribution in [2.24, 2.45) is 0 Å². The highest BCUT2D eigenvalue weighted by Gasteiger charge is 2.19. The number of nitrogens with zero attached hydrogens (tertiary/aromatic N) is 3. The lowest BCUT2D eigenvalue weighted by atomic mass is 9.96. The Hall–Kier alpha value is -0.720. The molecule has 0 saturated carbocycles. The predicted octanol–water partition coefficient (Wildman–Crippen LogP) is 2.20. The van der Waals surface area contributed by atoms with Gasteiger partial charge in [-0.1, -0.05) is 20.8 Å². The lowest BCUT2D eigenvalue weighted by Crippen LogP contribution is -2.40. The van der Waals surface area contributed by atoms with E-state index < -0.39 is 0 Å². The van der Waals surface area contributed by atoms with E-state index in [9.17, 15) is 0 Å². The van der Waals surface area contributed by atoms with Crippen LogP contribution in [0.3, 0.4) is 0 Å². The average Bonchev–Trinajstić information content (AvgIpc) is 2.28. The van der Waals surface area contributed by atoms with Crippen molar-refractivity contribution in [1.82, 2.24) is 15.0 Å². The number of hydrogen-bond donors (Lipinski definition) is 1. The Morgan fingerprint density at radius 2 is 1.94 bits per heavy atom. The summed E-state index contributed by atoms with van der Waals surface area (Å²) < 4.78 is 6.12. The molecule has 1 aliphatic heterocycles. The number of rotatable bonds is 2. The van der Waals surface area contributed by atoms with Gasteiger partial charge in [0.1, 0.15) is 16.2 Å². The van der Waals surface area contributed by atoms with E-state index in [0.717, 1.165) is 42.5 Å². The Balaban J connectivity index is 2.14. The van der Waals surface area contributed by atoms with Gasteiger partial charge in [-0.3, -0.25) is 0 Å². The van der Waals surface area contributed by atoms with Crippen LogP contribution in [0.1, 0.15) is 26.6 Å². The van der Waals surface area contributed by atoms with Crippen LogP contribution in [-0.4, -0.2) is 41.3 Å². The fraction of sp³-hybridized carbons (Fsp3) is 0.667. The zero-order valence-corrected chi connectivity index (χ0v) is 12.6. The number of nitrogens with one attached hydrogen (secondary N) is 1. The summed E-state index contributed by atoms with van der Waals surface area (Å²) in [6.07, 6.45) is 0. The van der Waals surface area contributed by atoms with Gasteiger partial charge in [0.15, 0.2) is 0 Å². The molecular weight excluding hydrogens is 296 g/mol. The zero-order valence-electron chi connectivity index (χ0n) is 11.0. The van der Waals surface area contributed by atoms with Crippen molar-refractivity contribution in [3.8, 4) is 0 Å². The number of halogens is 1. The molecule has 1 aromatic heterocycles. The lowest BCUT2D eigenvalue weighted by molar-refractivity contribution is 0.0494. The van der Waals surface area contributed by atoms with E-state index in [0.29, 0.717) is 0 Å². The standard InChI is InChI=1S/C12H19BrN4O/c1-12(2,3)11-14-9(13)8-10(15-11)16-17-4-6-18-7-5-17/h8H,4-7H2,1-3H3,(H,14,15,16). The molecule has 5 nitrogen and oxygen atoms in total. The fourth-order valence-electron chi connectivity index (χ4n) is 1.65. The summed E-state index contributed by atoms with van der Waals surface area (Å²) in [5.74, 6) is 1.65. The maximum absolute atomic E-state index is 5.32. The molecule has 1 saturated heterocycles. The van der Waals surface area contributed by atoms with Crippen LogP contribution in [0.5, 0.6) is 0 Å². The molecule has 1 fully saturated rings. The number of aromatic nitrogens is 2. The molecule has 0 amide bonds. The summed E-state index contributed by atoms with van der Waals surface area (Å²) in [5.41, 5.74) is 3.24. The second-order valence-corrected chi connectivity index (χ2v) is 6.17. The van der Waals surface area contributed by atoms with Gasteiger partial charge in [-0.05, 0) is 15.9 Å². The van der Waals surface area contributed by atoms with Crippen LogP contribution < -0.4 is 5.43 Å². The summed E-state index contributed by atoms with van der Waals surface area (Å²) in [4.78, 5) is 8.98. The zero-order chi connectivity index (χ0) is 13.2. The molecular formula is C12H19BrN4O. The van der Waals surface area contributed by atoms with E-state index in [1.807, 2.05) is 6.07 Å². The maximum Gasteiger partial charge on any atom is 0.145 e. The van der Waals surface area contributed by atoms with E-state index in [2.05, 4.69) is 57.1 Å². The van der Waals surface area contributed by atoms with E-state index in [4.69, 9.17) is 4.74 Å². The molecule has 0 spiro atoms. The van der Waals surface area contributed by atoms with Crippen LogP contribution in [0.15, 0.2) is 10.7 Å². The van der Waals surface area contributed by atoms with Crippen LogP contribution in [0.25, 0.3) is 0 Å². The SMILES string of the molecule is CC(C)(C)c1nc(Br)cc(NN2CCOCC2)n1. The van der Waals surface area contributed by atoms with Crippen LogP contribution in [0.4, 0.5) is 5.82 Å². The van der Waals surface area contributed by atoms with Gasteiger partial charge in [0.2, 0.25) is 0 Å². The Morgan fingerprint density at radius 3 is 2.56 bits per heavy atom. The van der Waals surface area contributed by atoms with E-state index >= 15 is 0 Å². The first-order valence-corrected chi connectivity index (χ1v) is 6.89. The summed E-state index contributed by atoms with van der Waals surface area (Å²) >= 11 is 3.44. The van der Waals surface area contributed by atoms with Crippen LogP contribution in [-0.2, 0) is 10.2 Å². The first-order chi connectivity index (χ1) is 8.45. The van der Waals surface area contributed by atoms with E-state index in [-0.39, 0.29) is 5.41 Å². The third-order valence-electron chi connectivity index (χ3n) is 2.65. The highest BCUT2D eigenvalue weighted by Crippen LogP contribution is 2.22. The van der Waals surface area contributed by atoms with Gasteiger partial charge in [-0.15, -0.1) is 0 Å². The van der Waals surface area contributed by atoms with Crippen molar-refractivity contribution >= 4 is 21.7 Å². The van der Waals surface area contributed by atoms with Gasteiger partial charge in [-0.2, -0.15) is 0 Å². The smallest absolute Gasteiger partial charge is 0.145 e. The first-order valence-electron chi connectivity index (χ1n) is 6.09.